The third-order valence-electron chi connectivity index (χ3n) is 13.2. The SMILES string of the molecule is CCCCCC1CC(O)C2C=Cc3c(c(CO)cc(O)c3OCc3cc(C45CCOCC4CCc4ccccc45)cc4cn(cc34)C3=C(C=CC(N)N3)CO1)C2. The van der Waals surface area contributed by atoms with Crippen LogP contribution in [0.1, 0.15) is 90.8 Å². The predicted octanol–water partition coefficient (Wildman–Crippen LogP) is 7.22. The number of aliphatic hydroxyl groups excluding tert-OH is 2. The number of nitrogens with one attached hydrogen (secondary N) is 1. The molecule has 5 heterocycles. The summed E-state index contributed by atoms with van der Waals surface area (Å²) in [6, 6.07) is 15.3. The molecular weight excluding hydrogens is 703 g/mol. The van der Waals surface area contributed by atoms with Crippen LogP contribution in [-0.4, -0.2) is 58.1 Å². The van der Waals surface area contributed by atoms with Crippen molar-refractivity contribution in [2.24, 2.45) is 17.6 Å². The summed E-state index contributed by atoms with van der Waals surface area (Å²) in [6.07, 6.45) is 19.3. The number of phenols is 1. The van der Waals surface area contributed by atoms with E-state index in [4.69, 9.17) is 19.9 Å². The van der Waals surface area contributed by atoms with Crippen molar-refractivity contribution in [2.45, 2.75) is 102 Å². The second kappa shape index (κ2) is 15.5. The van der Waals surface area contributed by atoms with Crippen LogP contribution >= 0.6 is 0 Å². The van der Waals surface area contributed by atoms with Crippen molar-refractivity contribution < 1.29 is 29.5 Å². The number of rotatable bonds is 6. The van der Waals surface area contributed by atoms with Gasteiger partial charge >= 0.3 is 0 Å². The zero-order chi connectivity index (χ0) is 38.4. The third-order valence-corrected chi connectivity index (χ3v) is 13.2. The van der Waals surface area contributed by atoms with E-state index in [1.54, 1.807) is 6.07 Å². The van der Waals surface area contributed by atoms with E-state index in [9.17, 15) is 15.3 Å². The molecule has 1 fully saturated rings. The molecule has 2 aliphatic carbocycles. The molecule has 56 heavy (non-hydrogen) atoms. The summed E-state index contributed by atoms with van der Waals surface area (Å²) >= 11 is 0. The molecule has 6 aliphatic rings. The van der Waals surface area contributed by atoms with Crippen molar-refractivity contribution >= 4 is 22.7 Å². The minimum absolute atomic E-state index is 0.00789. The number of unbranched alkanes of at least 4 members (excludes halogenated alkanes) is 2. The van der Waals surface area contributed by atoms with E-state index in [2.05, 4.69) is 71.7 Å². The first-order valence-corrected chi connectivity index (χ1v) is 20.7. The maximum atomic E-state index is 11.7. The lowest BCUT2D eigenvalue weighted by Crippen LogP contribution is -2.47. The number of fused-ring (bicyclic) bond motifs is 8. The van der Waals surface area contributed by atoms with Crippen LogP contribution in [0.5, 0.6) is 11.5 Å². The molecule has 0 saturated carbocycles. The molecule has 6 bridgehead atoms. The molecule has 9 heteroatoms. The topological polar surface area (TPSA) is 131 Å². The molecule has 4 aliphatic heterocycles. The Morgan fingerprint density at radius 1 is 1.04 bits per heavy atom. The summed E-state index contributed by atoms with van der Waals surface area (Å²) in [7, 11) is 0. The van der Waals surface area contributed by atoms with Crippen molar-refractivity contribution in [1.82, 2.24) is 9.88 Å². The highest BCUT2D eigenvalue weighted by Gasteiger charge is 2.47. The summed E-state index contributed by atoms with van der Waals surface area (Å²) in [5, 5.41) is 39.3. The van der Waals surface area contributed by atoms with Crippen molar-refractivity contribution in [1.29, 1.82) is 0 Å². The second-order valence-electron chi connectivity index (χ2n) is 16.6. The molecular formula is C47H55N3O6. The fraction of sp³-hybridized carbons (Fsp3) is 0.447. The molecule has 1 aromatic heterocycles. The summed E-state index contributed by atoms with van der Waals surface area (Å²) < 4.78 is 21.8. The Balaban J connectivity index is 1.22. The first-order chi connectivity index (χ1) is 27.4. The van der Waals surface area contributed by atoms with Crippen LogP contribution in [-0.2, 0) is 40.9 Å². The Bertz CT molecular complexity index is 2200. The number of nitrogens with two attached hydrogens (primary N) is 1. The fourth-order valence-electron chi connectivity index (χ4n) is 10.3. The van der Waals surface area contributed by atoms with Gasteiger partial charge in [-0.25, -0.2) is 0 Å². The van der Waals surface area contributed by atoms with Crippen molar-refractivity contribution in [3.8, 4) is 11.5 Å². The number of aryl methyl sites for hydroxylation is 1. The number of ether oxygens (including phenoxy) is 3. The molecule has 9 nitrogen and oxygen atoms in total. The highest BCUT2D eigenvalue weighted by atomic mass is 16.5. The third kappa shape index (κ3) is 6.67. The van der Waals surface area contributed by atoms with Crippen LogP contribution in [0, 0.1) is 11.8 Å². The predicted molar refractivity (Wildman–Crippen MR) is 219 cm³/mol. The van der Waals surface area contributed by atoms with Crippen LogP contribution in [0.3, 0.4) is 0 Å². The largest absolute Gasteiger partial charge is 0.504 e. The van der Waals surface area contributed by atoms with E-state index in [1.165, 1.54) is 16.7 Å². The molecule has 10 rings (SSSR count). The van der Waals surface area contributed by atoms with Crippen molar-refractivity contribution in [3.05, 3.63) is 118 Å². The Labute approximate surface area is 329 Å². The standard InChI is InChI=1S/C47H55N3O6/c1-2-3-4-8-37-22-42(52)30-11-14-38-39(20-30)33(25-51)21-43(53)45(38)56-27-34-19-36(47-16-17-54-28-35(47)13-10-29-7-5-6-9-41(29)47)18-32-23-50(24-40(32)34)46-31(26-55-37)12-15-44(48)49-46/h5-7,9,11-12,14-15,18-19,21,23-24,30,35,37,42,44,49,51-53H,2-4,8,10,13,16-17,20,22,25-28,48H2,1H3. The number of hydrogen-bond acceptors (Lipinski definition) is 8. The maximum absolute atomic E-state index is 11.7. The number of aliphatic hydroxyl groups is 2. The molecule has 0 spiro atoms. The van der Waals surface area contributed by atoms with Crippen LogP contribution in [0.2, 0.25) is 0 Å². The Kier molecular flexibility index (Phi) is 10.3. The second-order valence-corrected chi connectivity index (χ2v) is 16.6. The lowest BCUT2D eigenvalue weighted by molar-refractivity contribution is 0.00497. The van der Waals surface area contributed by atoms with Gasteiger partial charge in [-0.3, -0.25) is 0 Å². The average Bonchev–Trinajstić information content (AvgIpc) is 3.66. The fourth-order valence-corrected chi connectivity index (χ4v) is 10.3. The first-order valence-electron chi connectivity index (χ1n) is 20.7. The molecule has 6 N–H and O–H groups in total. The molecule has 294 valence electrons. The number of benzene rings is 3. The quantitative estimate of drug-likeness (QED) is 0.131. The van der Waals surface area contributed by atoms with Gasteiger partial charge in [0.25, 0.3) is 0 Å². The van der Waals surface area contributed by atoms with Crippen LogP contribution in [0.4, 0.5) is 0 Å². The van der Waals surface area contributed by atoms with Gasteiger partial charge in [0.05, 0.1) is 38.2 Å². The van der Waals surface area contributed by atoms with Crippen LogP contribution in [0.15, 0.2) is 78.7 Å². The van der Waals surface area contributed by atoms with E-state index >= 15 is 0 Å². The molecule has 0 radical (unpaired) electrons. The molecule has 6 atom stereocenters. The minimum atomic E-state index is -0.655. The van der Waals surface area contributed by atoms with E-state index < -0.39 is 6.10 Å². The van der Waals surface area contributed by atoms with Gasteiger partial charge in [0.1, 0.15) is 12.4 Å². The Morgan fingerprint density at radius 2 is 1.93 bits per heavy atom. The van der Waals surface area contributed by atoms with Gasteiger partial charge in [-0.2, -0.15) is 0 Å². The summed E-state index contributed by atoms with van der Waals surface area (Å²) in [6.45, 7) is 3.98. The van der Waals surface area contributed by atoms with Gasteiger partial charge in [0.2, 0.25) is 0 Å². The van der Waals surface area contributed by atoms with Gasteiger partial charge in [-0.1, -0.05) is 74.7 Å². The average molecular weight is 758 g/mol. The zero-order valence-electron chi connectivity index (χ0n) is 32.4. The summed E-state index contributed by atoms with van der Waals surface area (Å²) in [4.78, 5) is 0. The Hall–Kier alpha value is -4.38. The van der Waals surface area contributed by atoms with Crippen molar-refractivity contribution in [3.63, 3.8) is 0 Å². The number of phenolic OH excluding ortho intramolecular Hbond substituents is 1. The summed E-state index contributed by atoms with van der Waals surface area (Å²) in [5.74, 6) is 1.41. The number of aromatic hydroxyl groups is 1. The molecule has 1 saturated heterocycles. The van der Waals surface area contributed by atoms with Crippen LogP contribution in [0.25, 0.3) is 22.7 Å². The first kappa shape index (κ1) is 37.2. The van der Waals surface area contributed by atoms with E-state index in [-0.39, 0.29) is 42.6 Å². The Morgan fingerprint density at radius 3 is 2.80 bits per heavy atom. The monoisotopic (exact) mass is 757 g/mol. The maximum Gasteiger partial charge on any atom is 0.168 e. The van der Waals surface area contributed by atoms with Gasteiger partial charge in [0.15, 0.2) is 11.5 Å². The zero-order valence-corrected chi connectivity index (χ0v) is 32.4. The van der Waals surface area contributed by atoms with Gasteiger partial charge in [-0.15, -0.1) is 0 Å². The highest BCUT2D eigenvalue weighted by molar-refractivity contribution is 5.88. The number of aromatic nitrogens is 1. The van der Waals surface area contributed by atoms with Gasteiger partial charge < -0.3 is 45.1 Å². The molecule has 6 unspecified atom stereocenters. The molecule has 4 aromatic rings. The van der Waals surface area contributed by atoms with Gasteiger partial charge in [-0.05, 0) is 89.6 Å². The molecule has 3 aromatic carbocycles. The van der Waals surface area contributed by atoms with E-state index in [0.717, 1.165) is 90.4 Å². The number of nitrogens with zero attached hydrogens (tertiary/aromatic N) is 1. The minimum Gasteiger partial charge on any atom is -0.504 e. The number of hydrogen-bond donors (Lipinski definition) is 5. The van der Waals surface area contributed by atoms with E-state index in [0.29, 0.717) is 43.3 Å². The van der Waals surface area contributed by atoms with Gasteiger partial charge in [0, 0.05) is 58.7 Å². The van der Waals surface area contributed by atoms with E-state index in [1.807, 2.05) is 18.2 Å². The normalized spacial score (nSPS) is 27.2. The lowest BCUT2D eigenvalue weighted by atomic mass is 9.57. The number of dihydropyridines is 1. The molecule has 0 amide bonds. The van der Waals surface area contributed by atoms with Crippen molar-refractivity contribution in [2.75, 3.05) is 19.8 Å². The summed E-state index contributed by atoms with van der Waals surface area (Å²) in [5.41, 5.74) is 14.6. The lowest BCUT2D eigenvalue weighted by Gasteiger charge is -2.49. The smallest absolute Gasteiger partial charge is 0.168 e. The highest BCUT2D eigenvalue weighted by Crippen LogP contribution is 2.52. The van der Waals surface area contributed by atoms with Crippen LogP contribution < -0.4 is 15.8 Å².